The Kier molecular flexibility index (Phi) is 4.10. The molecular formula is C14H16BrNOS. The van der Waals surface area contributed by atoms with E-state index in [-0.39, 0.29) is 0 Å². The lowest BCUT2D eigenvalue weighted by Gasteiger charge is -2.25. The third-order valence-corrected chi connectivity index (χ3v) is 4.52. The van der Waals surface area contributed by atoms with Gasteiger partial charge in [0.2, 0.25) is 0 Å². The molecule has 0 aliphatic carbocycles. The monoisotopic (exact) mass is 325 g/mol. The SMILES string of the molecule is COc1cccc(C(C)(N)Cc2ccc(Br)s2)c1. The van der Waals surface area contributed by atoms with E-state index in [4.69, 9.17) is 10.5 Å². The first kappa shape index (κ1) is 13.6. The Hall–Kier alpha value is -0.840. The first-order valence-electron chi connectivity index (χ1n) is 5.69. The van der Waals surface area contributed by atoms with Crippen LogP contribution >= 0.6 is 27.3 Å². The number of thiophene rings is 1. The summed E-state index contributed by atoms with van der Waals surface area (Å²) in [4.78, 5) is 1.27. The lowest BCUT2D eigenvalue weighted by molar-refractivity contribution is 0.410. The van der Waals surface area contributed by atoms with Crippen LogP contribution in [0.4, 0.5) is 0 Å². The molecule has 0 amide bonds. The zero-order valence-corrected chi connectivity index (χ0v) is 12.8. The van der Waals surface area contributed by atoms with Gasteiger partial charge in [-0.1, -0.05) is 12.1 Å². The Morgan fingerprint density at radius 1 is 1.33 bits per heavy atom. The zero-order valence-electron chi connectivity index (χ0n) is 10.4. The number of rotatable bonds is 4. The van der Waals surface area contributed by atoms with Crippen LogP contribution < -0.4 is 10.5 Å². The molecule has 0 aliphatic rings. The molecule has 2 N–H and O–H groups in total. The van der Waals surface area contributed by atoms with Crippen molar-refractivity contribution in [3.8, 4) is 5.75 Å². The molecule has 0 saturated carbocycles. The van der Waals surface area contributed by atoms with E-state index < -0.39 is 5.54 Å². The van der Waals surface area contributed by atoms with Crippen molar-refractivity contribution in [1.29, 1.82) is 0 Å². The Bertz CT molecular complexity index is 536. The van der Waals surface area contributed by atoms with Crippen LogP contribution in [0, 0.1) is 0 Å². The summed E-state index contributed by atoms with van der Waals surface area (Å²) in [5.74, 6) is 0.844. The second-order valence-electron chi connectivity index (χ2n) is 4.53. The fourth-order valence-corrected chi connectivity index (χ4v) is 3.54. The van der Waals surface area contributed by atoms with Crippen LogP contribution in [0.5, 0.6) is 5.75 Å². The van der Waals surface area contributed by atoms with Gasteiger partial charge in [-0.15, -0.1) is 11.3 Å². The van der Waals surface area contributed by atoms with Crippen LogP contribution in [0.2, 0.25) is 0 Å². The summed E-state index contributed by atoms with van der Waals surface area (Å²) < 4.78 is 6.38. The standard InChI is InChI=1S/C14H16BrNOS/c1-14(16,9-12-6-7-13(15)18-12)10-4-3-5-11(8-10)17-2/h3-8H,9,16H2,1-2H3. The predicted molar refractivity (Wildman–Crippen MR) is 80.3 cm³/mol. The predicted octanol–water partition coefficient (Wildman–Crippen LogP) is 3.94. The first-order chi connectivity index (χ1) is 8.51. The zero-order chi connectivity index (χ0) is 13.2. The molecule has 1 atom stereocenters. The van der Waals surface area contributed by atoms with Crippen molar-refractivity contribution >= 4 is 27.3 Å². The van der Waals surface area contributed by atoms with Crippen molar-refractivity contribution in [3.05, 3.63) is 50.6 Å². The van der Waals surface area contributed by atoms with Crippen molar-refractivity contribution in [1.82, 2.24) is 0 Å². The molecule has 1 aromatic heterocycles. The van der Waals surface area contributed by atoms with Crippen LogP contribution in [0.15, 0.2) is 40.2 Å². The summed E-state index contributed by atoms with van der Waals surface area (Å²) >= 11 is 5.20. The van der Waals surface area contributed by atoms with Gasteiger partial charge in [0.05, 0.1) is 10.9 Å². The summed E-state index contributed by atoms with van der Waals surface area (Å²) in [6.07, 6.45) is 0.816. The van der Waals surface area contributed by atoms with E-state index in [1.165, 1.54) is 4.88 Å². The van der Waals surface area contributed by atoms with Gasteiger partial charge in [-0.2, -0.15) is 0 Å². The fourth-order valence-electron chi connectivity index (χ4n) is 1.89. The number of halogens is 1. The van der Waals surface area contributed by atoms with E-state index in [0.29, 0.717) is 0 Å². The minimum Gasteiger partial charge on any atom is -0.497 e. The quantitative estimate of drug-likeness (QED) is 0.924. The maximum atomic E-state index is 6.44. The van der Waals surface area contributed by atoms with Gasteiger partial charge in [0.15, 0.2) is 0 Å². The number of hydrogen-bond acceptors (Lipinski definition) is 3. The van der Waals surface area contributed by atoms with Gasteiger partial charge in [-0.25, -0.2) is 0 Å². The van der Waals surface area contributed by atoms with Crippen LogP contribution in [0.25, 0.3) is 0 Å². The van der Waals surface area contributed by atoms with Crippen molar-refractivity contribution in [2.45, 2.75) is 18.9 Å². The highest BCUT2D eigenvalue weighted by Gasteiger charge is 2.23. The molecular weight excluding hydrogens is 310 g/mol. The highest BCUT2D eigenvalue weighted by molar-refractivity contribution is 9.11. The minimum atomic E-state index is -0.390. The van der Waals surface area contributed by atoms with Crippen LogP contribution in [0.3, 0.4) is 0 Å². The molecule has 1 heterocycles. The molecule has 18 heavy (non-hydrogen) atoms. The van der Waals surface area contributed by atoms with Gasteiger partial charge >= 0.3 is 0 Å². The smallest absolute Gasteiger partial charge is 0.119 e. The summed E-state index contributed by atoms with van der Waals surface area (Å²) in [5, 5.41) is 0. The summed E-state index contributed by atoms with van der Waals surface area (Å²) in [7, 11) is 1.67. The summed E-state index contributed by atoms with van der Waals surface area (Å²) in [5.41, 5.74) is 7.14. The lowest BCUT2D eigenvalue weighted by Crippen LogP contribution is -2.35. The summed E-state index contributed by atoms with van der Waals surface area (Å²) in [6, 6.07) is 12.1. The van der Waals surface area contributed by atoms with Gasteiger partial charge < -0.3 is 10.5 Å². The average molecular weight is 326 g/mol. The molecule has 0 saturated heterocycles. The molecule has 1 aromatic carbocycles. The van der Waals surface area contributed by atoms with Gasteiger partial charge in [0, 0.05) is 16.8 Å². The molecule has 2 aromatic rings. The highest BCUT2D eigenvalue weighted by atomic mass is 79.9. The normalized spacial score (nSPS) is 14.2. The maximum Gasteiger partial charge on any atom is 0.119 e. The molecule has 0 bridgehead atoms. The third kappa shape index (κ3) is 3.13. The molecule has 1 unspecified atom stereocenters. The van der Waals surface area contributed by atoms with Crippen LogP contribution in [-0.2, 0) is 12.0 Å². The van der Waals surface area contributed by atoms with E-state index in [2.05, 4.69) is 35.0 Å². The Labute approximate surface area is 120 Å². The van der Waals surface area contributed by atoms with Gasteiger partial charge in [0.1, 0.15) is 5.75 Å². The van der Waals surface area contributed by atoms with Gasteiger partial charge in [-0.3, -0.25) is 0 Å². The third-order valence-electron chi connectivity index (χ3n) is 2.90. The number of hydrogen-bond donors (Lipinski definition) is 1. The molecule has 0 spiro atoms. The topological polar surface area (TPSA) is 35.2 Å². The largest absolute Gasteiger partial charge is 0.497 e. The van der Waals surface area contributed by atoms with E-state index in [0.717, 1.165) is 21.5 Å². The Morgan fingerprint density at radius 2 is 2.11 bits per heavy atom. The molecule has 96 valence electrons. The van der Waals surface area contributed by atoms with Crippen molar-refractivity contribution in [2.75, 3.05) is 7.11 Å². The average Bonchev–Trinajstić information content (AvgIpc) is 2.74. The fraction of sp³-hybridized carbons (Fsp3) is 0.286. The van der Waals surface area contributed by atoms with E-state index in [1.807, 2.05) is 24.3 Å². The van der Waals surface area contributed by atoms with E-state index in [9.17, 15) is 0 Å². The summed E-state index contributed by atoms with van der Waals surface area (Å²) in [6.45, 7) is 2.05. The van der Waals surface area contributed by atoms with Crippen molar-refractivity contribution < 1.29 is 4.74 Å². The molecule has 0 fully saturated rings. The number of methoxy groups -OCH3 is 1. The lowest BCUT2D eigenvalue weighted by atomic mass is 9.89. The molecule has 0 aliphatic heterocycles. The van der Waals surface area contributed by atoms with Crippen molar-refractivity contribution in [3.63, 3.8) is 0 Å². The molecule has 2 nitrogen and oxygen atoms in total. The number of nitrogens with two attached hydrogens (primary N) is 1. The van der Waals surface area contributed by atoms with Gasteiger partial charge in [0.25, 0.3) is 0 Å². The second-order valence-corrected chi connectivity index (χ2v) is 7.08. The van der Waals surface area contributed by atoms with Gasteiger partial charge in [-0.05, 0) is 52.7 Å². The number of benzene rings is 1. The molecule has 0 radical (unpaired) electrons. The Morgan fingerprint density at radius 3 is 2.72 bits per heavy atom. The maximum absolute atomic E-state index is 6.44. The van der Waals surface area contributed by atoms with Crippen LogP contribution in [-0.4, -0.2) is 7.11 Å². The number of ether oxygens (including phenoxy) is 1. The minimum absolute atomic E-state index is 0.390. The molecule has 4 heteroatoms. The van der Waals surface area contributed by atoms with E-state index >= 15 is 0 Å². The first-order valence-corrected chi connectivity index (χ1v) is 7.30. The second kappa shape index (κ2) is 5.43. The van der Waals surface area contributed by atoms with Crippen LogP contribution in [0.1, 0.15) is 17.4 Å². The Balaban J connectivity index is 2.23. The highest BCUT2D eigenvalue weighted by Crippen LogP contribution is 2.30. The van der Waals surface area contributed by atoms with E-state index in [1.54, 1.807) is 18.4 Å². The molecule has 2 rings (SSSR count). The van der Waals surface area contributed by atoms with Crippen molar-refractivity contribution in [2.24, 2.45) is 5.73 Å².